The number of piperidine rings is 1. The molecule has 1 amide bonds. The van der Waals surface area contributed by atoms with Crippen LogP contribution in [0.1, 0.15) is 53.4 Å². The molecule has 100 valence electrons. The van der Waals surface area contributed by atoms with E-state index in [1.165, 1.54) is 0 Å². The third-order valence-electron chi connectivity index (χ3n) is 2.92. The van der Waals surface area contributed by atoms with Gasteiger partial charge in [0.2, 0.25) is 0 Å². The van der Waals surface area contributed by atoms with E-state index in [0.717, 1.165) is 25.7 Å². The van der Waals surface area contributed by atoms with Crippen LogP contribution in [0, 0.1) is 0 Å². The van der Waals surface area contributed by atoms with Gasteiger partial charge in [-0.3, -0.25) is 0 Å². The van der Waals surface area contributed by atoms with Gasteiger partial charge in [-0.15, -0.1) is 0 Å². The lowest BCUT2D eigenvalue weighted by Crippen LogP contribution is -2.51. The molecule has 0 aromatic rings. The molecule has 4 heteroatoms. The van der Waals surface area contributed by atoms with Crippen molar-refractivity contribution in [3.05, 3.63) is 0 Å². The highest BCUT2D eigenvalue weighted by atomic mass is 16.6. The van der Waals surface area contributed by atoms with Crippen LogP contribution in [-0.4, -0.2) is 40.4 Å². The molecular formula is C13H25NO3. The highest BCUT2D eigenvalue weighted by Crippen LogP contribution is 2.26. The summed E-state index contributed by atoms with van der Waals surface area (Å²) in [6.45, 7) is 8.69. The summed E-state index contributed by atoms with van der Waals surface area (Å²) in [6.07, 6.45) is 2.98. The summed E-state index contributed by atoms with van der Waals surface area (Å²) in [5.74, 6) is 0. The molecule has 0 radical (unpaired) electrons. The van der Waals surface area contributed by atoms with Gasteiger partial charge < -0.3 is 14.7 Å². The second kappa shape index (κ2) is 5.25. The Morgan fingerprint density at radius 2 is 2.12 bits per heavy atom. The van der Waals surface area contributed by atoms with Crippen molar-refractivity contribution in [3.63, 3.8) is 0 Å². The van der Waals surface area contributed by atoms with E-state index >= 15 is 0 Å². The van der Waals surface area contributed by atoms with Gasteiger partial charge in [-0.25, -0.2) is 4.79 Å². The Morgan fingerprint density at radius 3 is 2.65 bits per heavy atom. The number of β-amino-alcohol motifs (C(OH)–C–C–N with tert-alkyl or cyclic N) is 1. The maximum atomic E-state index is 11.9. The standard InChI is InChI=1S/C13H25NO3/c1-5-7-13(16)8-6-9-14(10-13)11(15)17-12(2,3)4/h16H,5-10H2,1-4H3. The topological polar surface area (TPSA) is 49.8 Å². The average molecular weight is 243 g/mol. The van der Waals surface area contributed by atoms with Crippen molar-refractivity contribution in [2.24, 2.45) is 0 Å². The lowest BCUT2D eigenvalue weighted by atomic mass is 9.89. The molecule has 1 saturated heterocycles. The Bertz CT molecular complexity index is 268. The number of carbonyl (C=O) groups excluding carboxylic acids is 1. The number of rotatable bonds is 2. The second-order valence-corrected chi connectivity index (χ2v) is 5.98. The molecular weight excluding hydrogens is 218 g/mol. The predicted octanol–water partition coefficient (Wildman–Crippen LogP) is 2.55. The first-order chi connectivity index (χ1) is 7.76. The lowest BCUT2D eigenvalue weighted by molar-refractivity contribution is -0.0475. The van der Waals surface area contributed by atoms with Crippen LogP contribution in [0.3, 0.4) is 0 Å². The van der Waals surface area contributed by atoms with E-state index in [1.54, 1.807) is 4.90 Å². The maximum absolute atomic E-state index is 11.9. The molecule has 4 nitrogen and oxygen atoms in total. The fraction of sp³-hybridized carbons (Fsp3) is 0.923. The maximum Gasteiger partial charge on any atom is 0.410 e. The Hall–Kier alpha value is -0.770. The monoisotopic (exact) mass is 243 g/mol. The molecule has 1 heterocycles. The van der Waals surface area contributed by atoms with Gasteiger partial charge in [0, 0.05) is 6.54 Å². The summed E-state index contributed by atoms with van der Waals surface area (Å²) in [5, 5.41) is 10.3. The number of nitrogens with zero attached hydrogens (tertiary/aromatic N) is 1. The molecule has 1 N–H and O–H groups in total. The summed E-state index contributed by atoms with van der Waals surface area (Å²) < 4.78 is 5.32. The van der Waals surface area contributed by atoms with Gasteiger partial charge in [0.1, 0.15) is 5.60 Å². The number of likely N-dealkylation sites (tertiary alicyclic amines) is 1. The van der Waals surface area contributed by atoms with Crippen LogP contribution < -0.4 is 0 Å². The molecule has 1 unspecified atom stereocenters. The zero-order chi connectivity index (χ0) is 13.1. The fourth-order valence-electron chi connectivity index (χ4n) is 2.26. The molecule has 0 spiro atoms. The zero-order valence-electron chi connectivity index (χ0n) is 11.5. The van der Waals surface area contributed by atoms with E-state index in [4.69, 9.17) is 4.74 Å². The third kappa shape index (κ3) is 4.54. The van der Waals surface area contributed by atoms with Gasteiger partial charge >= 0.3 is 6.09 Å². The van der Waals surface area contributed by atoms with Crippen molar-refractivity contribution in [2.45, 2.75) is 64.6 Å². The van der Waals surface area contributed by atoms with Gasteiger partial charge in [0.25, 0.3) is 0 Å². The first-order valence-electron chi connectivity index (χ1n) is 6.46. The van der Waals surface area contributed by atoms with Crippen LogP contribution in [0.25, 0.3) is 0 Å². The van der Waals surface area contributed by atoms with Crippen molar-refractivity contribution in [2.75, 3.05) is 13.1 Å². The molecule has 1 rings (SSSR count). The van der Waals surface area contributed by atoms with E-state index in [1.807, 2.05) is 27.7 Å². The SMILES string of the molecule is CCCC1(O)CCCN(C(=O)OC(C)(C)C)C1. The van der Waals surface area contributed by atoms with E-state index in [2.05, 4.69) is 0 Å². The predicted molar refractivity (Wildman–Crippen MR) is 66.9 cm³/mol. The van der Waals surface area contributed by atoms with Crippen LogP contribution >= 0.6 is 0 Å². The largest absolute Gasteiger partial charge is 0.444 e. The number of aliphatic hydroxyl groups is 1. The lowest BCUT2D eigenvalue weighted by Gasteiger charge is -2.39. The van der Waals surface area contributed by atoms with Crippen molar-refractivity contribution in [1.82, 2.24) is 4.90 Å². The molecule has 0 aromatic carbocycles. The van der Waals surface area contributed by atoms with Crippen LogP contribution in [-0.2, 0) is 4.74 Å². The minimum atomic E-state index is -0.718. The summed E-state index contributed by atoms with van der Waals surface area (Å²) in [5.41, 5.74) is -1.19. The number of hydrogen-bond acceptors (Lipinski definition) is 3. The van der Waals surface area contributed by atoms with Gasteiger partial charge in [-0.1, -0.05) is 13.3 Å². The van der Waals surface area contributed by atoms with Crippen molar-refractivity contribution in [3.8, 4) is 0 Å². The molecule has 0 aromatic heterocycles. The van der Waals surface area contributed by atoms with E-state index < -0.39 is 11.2 Å². The van der Waals surface area contributed by atoms with E-state index in [-0.39, 0.29) is 6.09 Å². The summed E-state index contributed by atoms with van der Waals surface area (Å²) in [4.78, 5) is 13.5. The molecule has 1 aliphatic heterocycles. The van der Waals surface area contributed by atoms with Gasteiger partial charge in [-0.05, 0) is 40.0 Å². The van der Waals surface area contributed by atoms with Crippen LogP contribution in [0.2, 0.25) is 0 Å². The highest BCUT2D eigenvalue weighted by molar-refractivity contribution is 5.68. The third-order valence-corrected chi connectivity index (χ3v) is 2.92. The Morgan fingerprint density at radius 1 is 1.47 bits per heavy atom. The van der Waals surface area contributed by atoms with Gasteiger partial charge in [0.05, 0.1) is 12.1 Å². The Labute approximate surface area is 104 Å². The molecule has 17 heavy (non-hydrogen) atoms. The van der Waals surface area contributed by atoms with Crippen LogP contribution in [0.15, 0.2) is 0 Å². The van der Waals surface area contributed by atoms with E-state index in [9.17, 15) is 9.90 Å². The second-order valence-electron chi connectivity index (χ2n) is 5.98. The average Bonchev–Trinajstić information content (AvgIpc) is 2.14. The normalized spacial score (nSPS) is 25.8. The van der Waals surface area contributed by atoms with Gasteiger partial charge in [-0.2, -0.15) is 0 Å². The molecule has 0 aliphatic carbocycles. The smallest absolute Gasteiger partial charge is 0.410 e. The minimum Gasteiger partial charge on any atom is -0.444 e. The quantitative estimate of drug-likeness (QED) is 0.811. The van der Waals surface area contributed by atoms with Crippen molar-refractivity contribution >= 4 is 6.09 Å². The fourth-order valence-corrected chi connectivity index (χ4v) is 2.26. The summed E-state index contributed by atoms with van der Waals surface area (Å²) in [6, 6.07) is 0. The van der Waals surface area contributed by atoms with E-state index in [0.29, 0.717) is 13.1 Å². The number of hydrogen-bond donors (Lipinski definition) is 1. The molecule has 1 aliphatic rings. The van der Waals surface area contributed by atoms with Crippen LogP contribution in [0.4, 0.5) is 4.79 Å². The highest BCUT2D eigenvalue weighted by Gasteiger charge is 2.35. The Kier molecular flexibility index (Phi) is 4.42. The first-order valence-corrected chi connectivity index (χ1v) is 6.46. The first kappa shape index (κ1) is 14.3. The number of carbonyl (C=O) groups is 1. The number of amides is 1. The molecule has 1 fully saturated rings. The molecule has 0 saturated carbocycles. The summed E-state index contributed by atoms with van der Waals surface area (Å²) >= 11 is 0. The molecule has 1 atom stereocenters. The summed E-state index contributed by atoms with van der Waals surface area (Å²) in [7, 11) is 0. The van der Waals surface area contributed by atoms with Gasteiger partial charge in [0.15, 0.2) is 0 Å². The molecule has 0 bridgehead atoms. The van der Waals surface area contributed by atoms with Crippen molar-refractivity contribution < 1.29 is 14.6 Å². The number of ether oxygens (including phenoxy) is 1. The zero-order valence-corrected chi connectivity index (χ0v) is 11.5. The Balaban J connectivity index is 2.57. The minimum absolute atomic E-state index is 0.313. The van der Waals surface area contributed by atoms with Crippen molar-refractivity contribution in [1.29, 1.82) is 0 Å². The van der Waals surface area contributed by atoms with Crippen LogP contribution in [0.5, 0.6) is 0 Å².